The van der Waals surface area contributed by atoms with Crippen LogP contribution in [-0.4, -0.2) is 31.5 Å². The molecule has 1 aliphatic heterocycles. The molecule has 1 aromatic rings. The van der Waals surface area contributed by atoms with Crippen molar-refractivity contribution < 1.29 is 14.3 Å². The van der Waals surface area contributed by atoms with Crippen LogP contribution < -0.4 is 15.0 Å². The Morgan fingerprint density at radius 3 is 2.53 bits per heavy atom. The number of piperazine rings is 1. The van der Waals surface area contributed by atoms with Crippen molar-refractivity contribution in [2.75, 3.05) is 18.6 Å². The zero-order chi connectivity index (χ0) is 12.4. The van der Waals surface area contributed by atoms with Gasteiger partial charge >= 0.3 is 0 Å². The van der Waals surface area contributed by atoms with Gasteiger partial charge in [0.05, 0.1) is 13.7 Å². The van der Waals surface area contributed by atoms with Crippen molar-refractivity contribution in [1.82, 2.24) is 5.32 Å². The zero-order valence-corrected chi connectivity index (χ0v) is 9.77. The molecule has 17 heavy (non-hydrogen) atoms. The molecule has 0 radical (unpaired) electrons. The molecule has 2 amide bonds. The van der Waals surface area contributed by atoms with E-state index in [2.05, 4.69) is 5.32 Å². The Hall–Kier alpha value is -2.04. The van der Waals surface area contributed by atoms with Crippen LogP contribution in [-0.2, 0) is 9.59 Å². The SMILES string of the molecule is COc1ccc(N2CC(=O)NC(=O)C2C)cc1. The van der Waals surface area contributed by atoms with E-state index in [1.54, 1.807) is 31.1 Å². The zero-order valence-electron chi connectivity index (χ0n) is 9.77. The lowest BCUT2D eigenvalue weighted by atomic mass is 10.1. The molecule has 0 aromatic heterocycles. The number of hydrogen-bond donors (Lipinski definition) is 1. The molecule has 2 rings (SSSR count). The van der Waals surface area contributed by atoms with E-state index in [0.29, 0.717) is 0 Å². The number of ether oxygens (including phenoxy) is 1. The van der Waals surface area contributed by atoms with Crippen molar-refractivity contribution in [2.24, 2.45) is 0 Å². The van der Waals surface area contributed by atoms with E-state index in [4.69, 9.17) is 4.74 Å². The molecule has 1 fully saturated rings. The van der Waals surface area contributed by atoms with Gasteiger partial charge < -0.3 is 9.64 Å². The first-order chi connectivity index (χ1) is 8.11. The highest BCUT2D eigenvalue weighted by Gasteiger charge is 2.30. The number of benzene rings is 1. The molecule has 1 unspecified atom stereocenters. The first kappa shape index (κ1) is 11.4. The van der Waals surface area contributed by atoms with Crippen molar-refractivity contribution in [2.45, 2.75) is 13.0 Å². The molecule has 1 heterocycles. The Bertz CT molecular complexity index is 442. The van der Waals surface area contributed by atoms with E-state index in [-0.39, 0.29) is 24.4 Å². The summed E-state index contributed by atoms with van der Waals surface area (Å²) < 4.78 is 5.06. The number of imide groups is 1. The van der Waals surface area contributed by atoms with Crippen molar-refractivity contribution in [3.05, 3.63) is 24.3 Å². The van der Waals surface area contributed by atoms with Gasteiger partial charge in [0.1, 0.15) is 11.8 Å². The number of amides is 2. The maximum atomic E-state index is 11.5. The van der Waals surface area contributed by atoms with Gasteiger partial charge in [-0.3, -0.25) is 14.9 Å². The molecule has 5 heteroatoms. The van der Waals surface area contributed by atoms with Gasteiger partial charge in [-0.25, -0.2) is 0 Å². The second-order valence-corrected chi connectivity index (χ2v) is 3.91. The summed E-state index contributed by atoms with van der Waals surface area (Å²) in [5.74, 6) is 0.204. The molecule has 1 saturated heterocycles. The standard InChI is InChI=1S/C12H14N2O3/c1-8-12(16)13-11(15)7-14(8)9-3-5-10(17-2)6-4-9/h3-6,8H,7H2,1-2H3,(H,13,15,16). The molecule has 0 bridgehead atoms. The Morgan fingerprint density at radius 2 is 1.94 bits per heavy atom. The molecule has 1 aliphatic rings. The second kappa shape index (κ2) is 4.45. The van der Waals surface area contributed by atoms with Gasteiger partial charge in [0.15, 0.2) is 0 Å². The summed E-state index contributed by atoms with van der Waals surface area (Å²) in [6, 6.07) is 6.93. The lowest BCUT2D eigenvalue weighted by molar-refractivity contribution is -0.132. The number of carbonyl (C=O) groups excluding carboxylic acids is 2. The van der Waals surface area contributed by atoms with Crippen LogP contribution in [0.25, 0.3) is 0 Å². The van der Waals surface area contributed by atoms with Crippen LogP contribution in [0.2, 0.25) is 0 Å². The molecule has 1 aromatic carbocycles. The molecule has 0 saturated carbocycles. The average molecular weight is 234 g/mol. The third kappa shape index (κ3) is 2.22. The van der Waals surface area contributed by atoms with Crippen LogP contribution >= 0.6 is 0 Å². The lowest BCUT2D eigenvalue weighted by Crippen LogP contribution is -2.57. The van der Waals surface area contributed by atoms with Crippen molar-refractivity contribution in [3.8, 4) is 5.75 Å². The summed E-state index contributed by atoms with van der Waals surface area (Å²) in [4.78, 5) is 24.6. The van der Waals surface area contributed by atoms with Gasteiger partial charge in [-0.2, -0.15) is 0 Å². The van der Waals surface area contributed by atoms with Crippen molar-refractivity contribution in [3.63, 3.8) is 0 Å². The van der Waals surface area contributed by atoms with Crippen LogP contribution in [0.15, 0.2) is 24.3 Å². The summed E-state index contributed by atoms with van der Waals surface area (Å²) in [6.45, 7) is 1.96. The van der Waals surface area contributed by atoms with Gasteiger partial charge in [0.2, 0.25) is 11.8 Å². The third-order valence-corrected chi connectivity index (χ3v) is 2.83. The smallest absolute Gasteiger partial charge is 0.249 e. The lowest BCUT2D eigenvalue weighted by Gasteiger charge is -2.33. The fourth-order valence-electron chi connectivity index (χ4n) is 1.80. The Balaban J connectivity index is 2.24. The van der Waals surface area contributed by atoms with E-state index in [0.717, 1.165) is 11.4 Å². The van der Waals surface area contributed by atoms with E-state index in [9.17, 15) is 9.59 Å². The van der Waals surface area contributed by atoms with Crippen molar-refractivity contribution in [1.29, 1.82) is 0 Å². The third-order valence-electron chi connectivity index (χ3n) is 2.83. The van der Waals surface area contributed by atoms with Gasteiger partial charge in [-0.15, -0.1) is 0 Å². The molecule has 1 atom stereocenters. The van der Waals surface area contributed by atoms with Crippen LogP contribution in [0.3, 0.4) is 0 Å². The van der Waals surface area contributed by atoms with E-state index < -0.39 is 0 Å². The summed E-state index contributed by atoms with van der Waals surface area (Å²) >= 11 is 0. The highest BCUT2D eigenvalue weighted by molar-refractivity contribution is 6.04. The predicted molar refractivity (Wildman–Crippen MR) is 63.0 cm³/mol. The highest BCUT2D eigenvalue weighted by Crippen LogP contribution is 2.22. The van der Waals surface area contributed by atoms with Gasteiger partial charge in [0, 0.05) is 5.69 Å². The van der Waals surface area contributed by atoms with Crippen LogP contribution in [0, 0.1) is 0 Å². The molecular weight excluding hydrogens is 220 g/mol. The van der Waals surface area contributed by atoms with Gasteiger partial charge in [0.25, 0.3) is 0 Å². The number of methoxy groups -OCH3 is 1. The minimum absolute atomic E-state index is 0.194. The Morgan fingerprint density at radius 1 is 1.29 bits per heavy atom. The number of rotatable bonds is 2. The van der Waals surface area contributed by atoms with Crippen LogP contribution in [0.4, 0.5) is 5.69 Å². The number of hydrogen-bond acceptors (Lipinski definition) is 4. The number of nitrogens with zero attached hydrogens (tertiary/aromatic N) is 1. The first-order valence-electron chi connectivity index (χ1n) is 5.36. The summed E-state index contributed by atoms with van der Waals surface area (Å²) in [5.41, 5.74) is 0.835. The summed E-state index contributed by atoms with van der Waals surface area (Å²) in [5, 5.41) is 2.31. The quantitative estimate of drug-likeness (QED) is 0.759. The minimum Gasteiger partial charge on any atom is -0.497 e. The predicted octanol–water partition coefficient (Wildman–Crippen LogP) is 0.546. The topological polar surface area (TPSA) is 58.6 Å². The normalized spacial score (nSPS) is 20.1. The minimum atomic E-state index is -0.346. The first-order valence-corrected chi connectivity index (χ1v) is 5.36. The molecule has 1 N–H and O–H groups in total. The monoisotopic (exact) mass is 234 g/mol. The number of anilines is 1. The molecule has 0 spiro atoms. The Kier molecular flexibility index (Phi) is 2.99. The fourth-order valence-corrected chi connectivity index (χ4v) is 1.80. The van der Waals surface area contributed by atoms with E-state index in [1.165, 1.54) is 0 Å². The molecule has 0 aliphatic carbocycles. The summed E-state index contributed by atoms with van der Waals surface area (Å²) in [7, 11) is 1.59. The number of carbonyl (C=O) groups is 2. The number of nitrogens with one attached hydrogen (secondary N) is 1. The summed E-state index contributed by atoms with van der Waals surface area (Å²) in [6.07, 6.45) is 0. The van der Waals surface area contributed by atoms with E-state index >= 15 is 0 Å². The Labute approximate surface area is 99.4 Å². The van der Waals surface area contributed by atoms with E-state index in [1.807, 2.05) is 12.1 Å². The molecular formula is C12H14N2O3. The second-order valence-electron chi connectivity index (χ2n) is 3.91. The fraction of sp³-hybridized carbons (Fsp3) is 0.333. The largest absolute Gasteiger partial charge is 0.497 e. The maximum Gasteiger partial charge on any atom is 0.249 e. The average Bonchev–Trinajstić information content (AvgIpc) is 2.34. The van der Waals surface area contributed by atoms with Crippen molar-refractivity contribution >= 4 is 17.5 Å². The van der Waals surface area contributed by atoms with Gasteiger partial charge in [-0.1, -0.05) is 0 Å². The van der Waals surface area contributed by atoms with Crippen LogP contribution in [0.5, 0.6) is 5.75 Å². The molecule has 90 valence electrons. The highest BCUT2D eigenvalue weighted by atomic mass is 16.5. The molecule has 5 nitrogen and oxygen atoms in total. The van der Waals surface area contributed by atoms with Crippen LogP contribution in [0.1, 0.15) is 6.92 Å². The van der Waals surface area contributed by atoms with Gasteiger partial charge in [-0.05, 0) is 31.2 Å². The maximum absolute atomic E-state index is 11.5.